The van der Waals surface area contributed by atoms with E-state index in [0.717, 1.165) is 18.9 Å². The summed E-state index contributed by atoms with van der Waals surface area (Å²) in [6.45, 7) is 1.07. The topological polar surface area (TPSA) is 21.3 Å². The highest BCUT2D eigenvalue weighted by Gasteiger charge is 2.40. The first-order chi connectivity index (χ1) is 5.92. The van der Waals surface area contributed by atoms with Crippen LogP contribution in [0.1, 0.15) is 19.3 Å². The molecule has 12 heavy (non-hydrogen) atoms. The Bertz CT molecular complexity index is 149. The first-order valence-corrected chi connectivity index (χ1v) is 4.83. The van der Waals surface area contributed by atoms with E-state index < -0.39 is 0 Å². The van der Waals surface area contributed by atoms with E-state index in [4.69, 9.17) is 4.74 Å². The SMILES string of the molecule is FCCNC1CCOC1C1CC1. The van der Waals surface area contributed by atoms with Gasteiger partial charge in [0.2, 0.25) is 0 Å². The molecule has 0 aromatic rings. The van der Waals surface area contributed by atoms with Gasteiger partial charge in [-0.3, -0.25) is 0 Å². The maximum atomic E-state index is 11.9. The van der Waals surface area contributed by atoms with Crippen molar-refractivity contribution in [3.8, 4) is 0 Å². The third-order valence-corrected chi connectivity index (χ3v) is 2.72. The Morgan fingerprint density at radius 2 is 2.17 bits per heavy atom. The second kappa shape index (κ2) is 3.71. The van der Waals surface area contributed by atoms with Gasteiger partial charge in [0.05, 0.1) is 6.10 Å². The highest BCUT2D eigenvalue weighted by atomic mass is 19.1. The van der Waals surface area contributed by atoms with Crippen molar-refractivity contribution in [3.63, 3.8) is 0 Å². The van der Waals surface area contributed by atoms with Crippen LogP contribution < -0.4 is 5.32 Å². The monoisotopic (exact) mass is 173 g/mol. The third-order valence-electron chi connectivity index (χ3n) is 2.72. The number of halogens is 1. The van der Waals surface area contributed by atoms with Crippen LogP contribution in [0.2, 0.25) is 0 Å². The van der Waals surface area contributed by atoms with Crippen LogP contribution in [-0.4, -0.2) is 32.0 Å². The highest BCUT2D eigenvalue weighted by molar-refractivity contribution is 4.93. The van der Waals surface area contributed by atoms with E-state index in [1.54, 1.807) is 0 Å². The molecule has 1 heterocycles. The van der Waals surface area contributed by atoms with Crippen LogP contribution in [0.25, 0.3) is 0 Å². The molecule has 3 heteroatoms. The lowest BCUT2D eigenvalue weighted by atomic mass is 10.1. The quantitative estimate of drug-likeness (QED) is 0.687. The molecule has 0 bridgehead atoms. The van der Waals surface area contributed by atoms with Crippen molar-refractivity contribution in [1.82, 2.24) is 5.32 Å². The van der Waals surface area contributed by atoms with Gasteiger partial charge in [-0.15, -0.1) is 0 Å². The minimum atomic E-state index is -0.270. The molecule has 0 aromatic heterocycles. The lowest BCUT2D eigenvalue weighted by Crippen LogP contribution is -2.38. The van der Waals surface area contributed by atoms with Gasteiger partial charge < -0.3 is 10.1 Å². The van der Waals surface area contributed by atoms with E-state index in [9.17, 15) is 4.39 Å². The molecule has 1 N–H and O–H groups in total. The van der Waals surface area contributed by atoms with Crippen molar-refractivity contribution in [2.24, 2.45) is 5.92 Å². The predicted octanol–water partition coefficient (Wildman–Crippen LogP) is 1.11. The molecule has 2 rings (SSSR count). The number of hydrogen-bond donors (Lipinski definition) is 1. The van der Waals surface area contributed by atoms with E-state index in [1.165, 1.54) is 12.8 Å². The lowest BCUT2D eigenvalue weighted by molar-refractivity contribution is 0.0809. The predicted molar refractivity (Wildman–Crippen MR) is 44.8 cm³/mol. The van der Waals surface area contributed by atoms with Gasteiger partial charge in [0, 0.05) is 19.2 Å². The summed E-state index contributed by atoms with van der Waals surface area (Å²) in [5, 5.41) is 3.20. The Kier molecular flexibility index (Phi) is 2.61. The maximum Gasteiger partial charge on any atom is 0.102 e. The summed E-state index contributed by atoms with van der Waals surface area (Å²) in [5.74, 6) is 0.768. The Morgan fingerprint density at radius 1 is 1.33 bits per heavy atom. The van der Waals surface area contributed by atoms with E-state index in [-0.39, 0.29) is 6.67 Å². The van der Waals surface area contributed by atoms with Crippen LogP contribution in [0.5, 0.6) is 0 Å². The van der Waals surface area contributed by atoms with Crippen molar-refractivity contribution in [2.45, 2.75) is 31.4 Å². The Labute approximate surface area is 72.5 Å². The molecule has 0 radical (unpaired) electrons. The van der Waals surface area contributed by atoms with Crippen molar-refractivity contribution in [1.29, 1.82) is 0 Å². The molecule has 1 saturated heterocycles. The van der Waals surface area contributed by atoms with Gasteiger partial charge in [0.15, 0.2) is 0 Å². The van der Waals surface area contributed by atoms with Crippen molar-refractivity contribution >= 4 is 0 Å². The van der Waals surface area contributed by atoms with Gasteiger partial charge in [0.1, 0.15) is 6.67 Å². The van der Waals surface area contributed by atoms with Crippen LogP contribution in [0.15, 0.2) is 0 Å². The molecular formula is C9H16FNO. The van der Waals surface area contributed by atoms with E-state index >= 15 is 0 Å². The summed E-state index contributed by atoms with van der Waals surface area (Å²) >= 11 is 0. The van der Waals surface area contributed by atoms with Gasteiger partial charge in [-0.2, -0.15) is 0 Å². The molecule has 0 amide bonds. The number of alkyl halides is 1. The largest absolute Gasteiger partial charge is 0.376 e. The fourth-order valence-electron chi connectivity index (χ4n) is 1.96. The van der Waals surface area contributed by atoms with Gasteiger partial charge in [0.25, 0.3) is 0 Å². The summed E-state index contributed by atoms with van der Waals surface area (Å²) in [6.07, 6.45) is 4.05. The molecule has 0 aromatic carbocycles. The zero-order valence-electron chi connectivity index (χ0n) is 7.26. The molecule has 2 unspecified atom stereocenters. The number of ether oxygens (including phenoxy) is 1. The Hall–Kier alpha value is -0.150. The van der Waals surface area contributed by atoms with E-state index in [2.05, 4.69) is 5.32 Å². The van der Waals surface area contributed by atoms with Crippen LogP contribution in [0.4, 0.5) is 4.39 Å². The molecule has 1 saturated carbocycles. The average Bonchev–Trinajstić information content (AvgIpc) is 2.83. The van der Waals surface area contributed by atoms with Crippen molar-refractivity contribution in [2.75, 3.05) is 19.8 Å². The standard InChI is InChI=1S/C9H16FNO/c10-4-5-11-8-3-6-12-9(8)7-1-2-7/h7-9,11H,1-6H2. The molecule has 2 atom stereocenters. The Morgan fingerprint density at radius 3 is 2.83 bits per heavy atom. The van der Waals surface area contributed by atoms with Crippen molar-refractivity contribution < 1.29 is 9.13 Å². The maximum absolute atomic E-state index is 11.9. The fraction of sp³-hybridized carbons (Fsp3) is 1.00. The van der Waals surface area contributed by atoms with Crippen LogP contribution in [0.3, 0.4) is 0 Å². The molecular weight excluding hydrogens is 157 g/mol. The molecule has 1 aliphatic heterocycles. The molecule has 2 fully saturated rings. The average molecular weight is 173 g/mol. The van der Waals surface area contributed by atoms with Crippen molar-refractivity contribution in [3.05, 3.63) is 0 Å². The molecule has 2 nitrogen and oxygen atoms in total. The van der Waals surface area contributed by atoms with E-state index in [1.807, 2.05) is 0 Å². The van der Waals surface area contributed by atoms with Crippen LogP contribution in [-0.2, 0) is 4.74 Å². The molecule has 0 spiro atoms. The fourth-order valence-corrected chi connectivity index (χ4v) is 1.96. The van der Waals surface area contributed by atoms with E-state index in [0.29, 0.717) is 18.7 Å². The first-order valence-electron chi connectivity index (χ1n) is 4.83. The second-order valence-corrected chi connectivity index (χ2v) is 3.71. The number of nitrogens with one attached hydrogen (secondary N) is 1. The summed E-state index contributed by atoms with van der Waals surface area (Å²) in [7, 11) is 0. The molecule has 70 valence electrons. The second-order valence-electron chi connectivity index (χ2n) is 3.71. The number of rotatable bonds is 4. The number of hydrogen-bond acceptors (Lipinski definition) is 2. The third kappa shape index (κ3) is 1.77. The minimum Gasteiger partial charge on any atom is -0.376 e. The van der Waals surface area contributed by atoms with Crippen LogP contribution in [0, 0.1) is 5.92 Å². The van der Waals surface area contributed by atoms with Gasteiger partial charge in [-0.05, 0) is 25.2 Å². The zero-order chi connectivity index (χ0) is 8.39. The van der Waals surface area contributed by atoms with Gasteiger partial charge in [-0.25, -0.2) is 4.39 Å². The smallest absolute Gasteiger partial charge is 0.102 e. The van der Waals surface area contributed by atoms with Gasteiger partial charge >= 0.3 is 0 Å². The summed E-state index contributed by atoms with van der Waals surface area (Å²) in [4.78, 5) is 0. The summed E-state index contributed by atoms with van der Waals surface area (Å²) in [5.41, 5.74) is 0. The lowest BCUT2D eigenvalue weighted by Gasteiger charge is -2.18. The highest BCUT2D eigenvalue weighted by Crippen LogP contribution is 2.38. The van der Waals surface area contributed by atoms with Crippen LogP contribution >= 0.6 is 0 Å². The molecule has 1 aliphatic carbocycles. The first kappa shape index (κ1) is 8.45. The summed E-state index contributed by atoms with van der Waals surface area (Å²) in [6, 6.07) is 0.424. The summed E-state index contributed by atoms with van der Waals surface area (Å²) < 4.78 is 17.5. The minimum absolute atomic E-state index is 0.270. The molecule has 2 aliphatic rings. The zero-order valence-corrected chi connectivity index (χ0v) is 7.26. The Balaban J connectivity index is 1.78. The normalized spacial score (nSPS) is 35.8. The van der Waals surface area contributed by atoms with Gasteiger partial charge in [-0.1, -0.05) is 0 Å².